The maximum absolute atomic E-state index is 13.5. The van der Waals surface area contributed by atoms with Crippen molar-refractivity contribution in [2.45, 2.75) is 26.8 Å². The maximum Gasteiger partial charge on any atom is 0.305 e. The van der Waals surface area contributed by atoms with Crippen LogP contribution >= 0.6 is 0 Å². The summed E-state index contributed by atoms with van der Waals surface area (Å²) in [5.41, 5.74) is -0.660. The fourth-order valence-corrected chi connectivity index (χ4v) is 1.64. The molecule has 0 heterocycles. The lowest BCUT2D eigenvalue weighted by Gasteiger charge is -2.08. The largest absolute Gasteiger partial charge is 0.380 e. The molecule has 21 heavy (non-hydrogen) atoms. The molecule has 0 aliphatic heterocycles. The van der Waals surface area contributed by atoms with Crippen molar-refractivity contribution in [3.63, 3.8) is 0 Å². The third-order valence-corrected chi connectivity index (χ3v) is 2.89. The van der Waals surface area contributed by atoms with E-state index in [0.717, 1.165) is 12.5 Å². The van der Waals surface area contributed by atoms with Crippen LogP contribution in [0, 0.1) is 27.7 Å². The molecule has 5 nitrogen and oxygen atoms in total. The summed E-state index contributed by atoms with van der Waals surface area (Å²) in [5.74, 6) is -1.39. The van der Waals surface area contributed by atoms with Crippen molar-refractivity contribution in [1.29, 1.82) is 0 Å². The second kappa shape index (κ2) is 8.63. The van der Waals surface area contributed by atoms with E-state index in [1.807, 2.05) is 0 Å². The number of benzene rings is 1. The van der Waals surface area contributed by atoms with Gasteiger partial charge in [-0.15, -0.1) is 0 Å². The predicted molar refractivity (Wildman–Crippen MR) is 75.0 cm³/mol. The highest BCUT2D eigenvalue weighted by Gasteiger charge is 2.18. The van der Waals surface area contributed by atoms with Crippen molar-refractivity contribution in [2.75, 3.05) is 19.8 Å². The summed E-state index contributed by atoms with van der Waals surface area (Å²) in [5, 5.41) is 13.5. The van der Waals surface area contributed by atoms with Gasteiger partial charge in [0.15, 0.2) is 0 Å². The van der Waals surface area contributed by atoms with Crippen LogP contribution in [0.3, 0.4) is 0 Å². The Morgan fingerprint density at radius 1 is 1.29 bits per heavy atom. The van der Waals surface area contributed by atoms with Crippen molar-refractivity contribution < 1.29 is 18.4 Å². The van der Waals surface area contributed by atoms with E-state index in [-0.39, 0.29) is 12.1 Å². The van der Waals surface area contributed by atoms with Crippen molar-refractivity contribution in [2.24, 2.45) is 5.92 Å². The highest BCUT2D eigenvalue weighted by molar-refractivity contribution is 5.37. The van der Waals surface area contributed by atoms with Gasteiger partial charge >= 0.3 is 5.69 Å². The van der Waals surface area contributed by atoms with Gasteiger partial charge in [0.05, 0.1) is 11.5 Å². The summed E-state index contributed by atoms with van der Waals surface area (Å²) < 4.78 is 32.0. The average molecular weight is 302 g/mol. The smallest absolute Gasteiger partial charge is 0.305 e. The first-order chi connectivity index (χ1) is 9.91. The third kappa shape index (κ3) is 6.14. The molecule has 0 atom stereocenters. The molecule has 0 spiro atoms. The number of hydrogen-bond donors (Lipinski definition) is 1. The standard InChI is InChI=1S/C14H20F2N2O3/c1-10(2)3-5-21-6-4-17-9-11-7-14(18(19)20)13(16)8-12(11)15/h7-8,10,17H,3-6,9H2,1-2H3. The SMILES string of the molecule is CC(C)CCOCCNCc1cc([N+](=O)[O-])c(F)cc1F. The molecule has 0 unspecified atom stereocenters. The van der Waals surface area contributed by atoms with Crippen LogP contribution in [-0.2, 0) is 11.3 Å². The first-order valence-corrected chi connectivity index (χ1v) is 6.82. The summed E-state index contributed by atoms with van der Waals surface area (Å²) in [7, 11) is 0. The average Bonchev–Trinajstić information content (AvgIpc) is 2.38. The zero-order valence-corrected chi connectivity index (χ0v) is 12.2. The Labute approximate surface area is 122 Å². The number of halogens is 2. The van der Waals surface area contributed by atoms with Crippen LogP contribution in [0.1, 0.15) is 25.8 Å². The van der Waals surface area contributed by atoms with Gasteiger partial charge in [0.25, 0.3) is 0 Å². The van der Waals surface area contributed by atoms with Crippen molar-refractivity contribution in [1.82, 2.24) is 5.32 Å². The van der Waals surface area contributed by atoms with Crippen LogP contribution in [0.15, 0.2) is 12.1 Å². The summed E-state index contributed by atoms with van der Waals surface area (Å²) >= 11 is 0. The van der Waals surface area contributed by atoms with E-state index in [4.69, 9.17) is 4.74 Å². The van der Waals surface area contributed by atoms with E-state index in [0.29, 0.717) is 31.7 Å². The molecule has 0 aliphatic rings. The van der Waals surface area contributed by atoms with Crippen LogP contribution in [0.2, 0.25) is 0 Å². The predicted octanol–water partition coefficient (Wildman–Crippen LogP) is 3.03. The molecule has 0 aliphatic carbocycles. The third-order valence-electron chi connectivity index (χ3n) is 2.89. The van der Waals surface area contributed by atoms with Gasteiger partial charge < -0.3 is 10.1 Å². The molecule has 0 aromatic heterocycles. The second-order valence-corrected chi connectivity index (χ2v) is 5.12. The molecular weight excluding hydrogens is 282 g/mol. The van der Waals surface area contributed by atoms with Crippen LogP contribution in [0.4, 0.5) is 14.5 Å². The molecule has 118 valence electrons. The van der Waals surface area contributed by atoms with Crippen molar-refractivity contribution in [3.8, 4) is 0 Å². The van der Waals surface area contributed by atoms with Gasteiger partial charge in [-0.25, -0.2) is 4.39 Å². The van der Waals surface area contributed by atoms with Gasteiger partial charge in [0.2, 0.25) is 5.82 Å². The second-order valence-electron chi connectivity index (χ2n) is 5.12. The van der Waals surface area contributed by atoms with Gasteiger partial charge in [-0.2, -0.15) is 4.39 Å². The van der Waals surface area contributed by atoms with Gasteiger partial charge in [-0.05, 0) is 12.3 Å². The van der Waals surface area contributed by atoms with Crippen LogP contribution in [0.25, 0.3) is 0 Å². The minimum atomic E-state index is -1.17. The minimum Gasteiger partial charge on any atom is -0.380 e. The number of nitro benzene ring substituents is 1. The molecule has 0 fully saturated rings. The monoisotopic (exact) mass is 302 g/mol. The molecule has 1 rings (SSSR count). The molecule has 1 aromatic carbocycles. The van der Waals surface area contributed by atoms with Gasteiger partial charge in [-0.1, -0.05) is 13.8 Å². The number of nitro groups is 1. The Kier molecular flexibility index (Phi) is 7.18. The fourth-order valence-electron chi connectivity index (χ4n) is 1.64. The molecule has 7 heteroatoms. The number of hydrogen-bond acceptors (Lipinski definition) is 4. The number of ether oxygens (including phenoxy) is 1. The quantitative estimate of drug-likeness (QED) is 0.432. The Morgan fingerprint density at radius 3 is 2.62 bits per heavy atom. The molecule has 1 N–H and O–H groups in total. The van der Waals surface area contributed by atoms with Crippen LogP contribution in [0.5, 0.6) is 0 Å². The van der Waals surface area contributed by atoms with E-state index in [1.54, 1.807) is 0 Å². The topological polar surface area (TPSA) is 64.4 Å². The molecule has 0 saturated carbocycles. The Balaban J connectivity index is 2.38. The molecule has 0 bridgehead atoms. The zero-order chi connectivity index (χ0) is 15.8. The highest BCUT2D eigenvalue weighted by Crippen LogP contribution is 2.21. The highest BCUT2D eigenvalue weighted by atomic mass is 19.1. The lowest BCUT2D eigenvalue weighted by atomic mass is 10.1. The summed E-state index contributed by atoms with van der Waals surface area (Å²) in [6.07, 6.45) is 0.971. The zero-order valence-electron chi connectivity index (χ0n) is 12.2. The molecule has 1 aromatic rings. The van der Waals surface area contributed by atoms with E-state index in [2.05, 4.69) is 19.2 Å². The first kappa shape index (κ1) is 17.5. The lowest BCUT2D eigenvalue weighted by molar-refractivity contribution is -0.387. The van der Waals surface area contributed by atoms with Gasteiger partial charge in [0.1, 0.15) is 5.82 Å². The molecule has 0 amide bonds. The summed E-state index contributed by atoms with van der Waals surface area (Å²) in [6, 6.07) is 1.45. The fraction of sp³-hybridized carbons (Fsp3) is 0.571. The Bertz CT molecular complexity index is 482. The molecule has 0 radical (unpaired) electrons. The van der Waals surface area contributed by atoms with Crippen LogP contribution in [-0.4, -0.2) is 24.7 Å². The lowest BCUT2D eigenvalue weighted by Crippen LogP contribution is -2.20. The number of rotatable bonds is 9. The van der Waals surface area contributed by atoms with E-state index >= 15 is 0 Å². The Morgan fingerprint density at radius 2 is 2.00 bits per heavy atom. The van der Waals surface area contributed by atoms with E-state index < -0.39 is 22.2 Å². The van der Waals surface area contributed by atoms with Crippen LogP contribution < -0.4 is 5.32 Å². The van der Waals surface area contributed by atoms with E-state index in [1.165, 1.54) is 0 Å². The van der Waals surface area contributed by atoms with E-state index in [9.17, 15) is 18.9 Å². The number of nitrogens with one attached hydrogen (secondary N) is 1. The summed E-state index contributed by atoms with van der Waals surface area (Å²) in [6.45, 7) is 5.91. The first-order valence-electron chi connectivity index (χ1n) is 6.82. The minimum absolute atomic E-state index is 0.0604. The van der Waals surface area contributed by atoms with Crippen molar-refractivity contribution >= 4 is 5.69 Å². The summed E-state index contributed by atoms with van der Waals surface area (Å²) in [4.78, 5) is 9.72. The van der Waals surface area contributed by atoms with Gasteiger partial charge in [-0.3, -0.25) is 10.1 Å². The maximum atomic E-state index is 13.5. The van der Waals surface area contributed by atoms with Crippen molar-refractivity contribution in [3.05, 3.63) is 39.4 Å². The van der Waals surface area contributed by atoms with Gasteiger partial charge in [0, 0.05) is 37.4 Å². The normalized spacial score (nSPS) is 11.1. The molecular formula is C14H20F2N2O3. The number of nitrogens with zero attached hydrogens (tertiary/aromatic N) is 1. The Hall–Kier alpha value is -1.60. The molecule has 0 saturated heterocycles.